The molecule has 0 aliphatic carbocycles. The van der Waals surface area contributed by atoms with Crippen LogP contribution in [0.1, 0.15) is 24.8 Å². The highest BCUT2D eigenvalue weighted by molar-refractivity contribution is 7.88. The molecule has 1 fully saturated rings. The first-order valence-corrected chi connectivity index (χ1v) is 10.3. The number of hydrogen-bond donors (Lipinski definition) is 1. The number of ether oxygens (including phenoxy) is 1. The second-order valence-corrected chi connectivity index (χ2v) is 8.33. The first-order valence-electron chi connectivity index (χ1n) is 8.72. The molecule has 8 heteroatoms. The zero-order chi connectivity index (χ0) is 17.7. The maximum absolute atomic E-state index is 12.8. The number of rotatable bonds is 7. The van der Waals surface area contributed by atoms with E-state index in [0.717, 1.165) is 35.7 Å². The highest BCUT2D eigenvalue weighted by Crippen LogP contribution is 2.23. The first kappa shape index (κ1) is 21.1. The summed E-state index contributed by atoms with van der Waals surface area (Å²) in [6.45, 7) is 2.28. The van der Waals surface area contributed by atoms with E-state index in [1.54, 1.807) is 10.5 Å². The maximum Gasteiger partial charge on any atom is 0.218 e. The Kier molecular flexibility index (Phi) is 7.79. The van der Waals surface area contributed by atoms with E-state index < -0.39 is 10.0 Å². The van der Waals surface area contributed by atoms with Crippen molar-refractivity contribution in [1.82, 2.24) is 9.29 Å². The van der Waals surface area contributed by atoms with Crippen molar-refractivity contribution in [3.05, 3.63) is 42.1 Å². The van der Waals surface area contributed by atoms with Gasteiger partial charge in [-0.15, -0.1) is 12.4 Å². The molecule has 26 heavy (non-hydrogen) atoms. The third-order valence-electron chi connectivity index (χ3n) is 4.55. The fraction of sp³-hybridized carbons (Fsp3) is 0.500. The molecule has 1 aliphatic heterocycles. The highest BCUT2D eigenvalue weighted by Gasteiger charge is 2.28. The molecule has 3 rings (SSSR count). The number of aromatic nitrogens is 1. The summed E-state index contributed by atoms with van der Waals surface area (Å²) >= 11 is 0. The molecular weight excluding hydrogens is 374 g/mol. The lowest BCUT2D eigenvalue weighted by molar-refractivity contribution is 0.0208. The van der Waals surface area contributed by atoms with Crippen LogP contribution < -0.4 is 5.73 Å². The molecule has 0 atom stereocenters. The Morgan fingerprint density at radius 3 is 2.65 bits per heavy atom. The van der Waals surface area contributed by atoms with Crippen molar-refractivity contribution >= 4 is 33.3 Å². The fourth-order valence-electron chi connectivity index (χ4n) is 3.18. The van der Waals surface area contributed by atoms with Crippen molar-refractivity contribution in [2.75, 3.05) is 26.2 Å². The lowest BCUT2D eigenvalue weighted by Gasteiger charge is -2.31. The summed E-state index contributed by atoms with van der Waals surface area (Å²) in [5, 5.41) is 0.960. The lowest BCUT2D eigenvalue weighted by Crippen LogP contribution is -2.41. The second kappa shape index (κ2) is 9.62. The third-order valence-corrected chi connectivity index (χ3v) is 6.38. The quantitative estimate of drug-likeness (QED) is 0.722. The Morgan fingerprint density at radius 1 is 1.19 bits per heavy atom. The zero-order valence-electron chi connectivity index (χ0n) is 14.7. The molecule has 2 aromatic rings. The topological polar surface area (TPSA) is 85.5 Å². The van der Waals surface area contributed by atoms with Gasteiger partial charge < -0.3 is 10.5 Å². The molecule has 6 nitrogen and oxygen atoms in total. The molecule has 0 spiro atoms. The average molecular weight is 400 g/mol. The summed E-state index contributed by atoms with van der Waals surface area (Å²) in [4.78, 5) is 4.35. The van der Waals surface area contributed by atoms with Crippen LogP contribution in [0.2, 0.25) is 0 Å². The molecule has 1 aromatic heterocycles. The molecule has 1 saturated heterocycles. The van der Waals surface area contributed by atoms with Crippen LogP contribution in [0.5, 0.6) is 0 Å². The molecule has 144 valence electrons. The molecule has 0 saturated carbocycles. The first-order chi connectivity index (χ1) is 12.1. The van der Waals surface area contributed by atoms with Gasteiger partial charge >= 0.3 is 0 Å². The molecule has 0 amide bonds. The number of pyridine rings is 1. The molecule has 2 N–H and O–H groups in total. The summed E-state index contributed by atoms with van der Waals surface area (Å²) in [6, 6.07) is 9.48. The molecule has 1 aromatic carbocycles. The number of sulfonamides is 1. The molecule has 1 aliphatic rings. The van der Waals surface area contributed by atoms with Crippen molar-refractivity contribution in [2.24, 2.45) is 5.73 Å². The Bertz CT molecular complexity index is 803. The Balaban J connectivity index is 0.00000243. The van der Waals surface area contributed by atoms with Gasteiger partial charge in [0.05, 0.1) is 17.4 Å². The van der Waals surface area contributed by atoms with Gasteiger partial charge in [0.15, 0.2) is 0 Å². The van der Waals surface area contributed by atoms with Crippen molar-refractivity contribution in [2.45, 2.75) is 31.1 Å². The van der Waals surface area contributed by atoms with Gasteiger partial charge in [0.1, 0.15) is 0 Å². The number of halogens is 1. The van der Waals surface area contributed by atoms with Crippen LogP contribution in [0.3, 0.4) is 0 Å². The number of para-hydroxylation sites is 1. The minimum Gasteiger partial charge on any atom is -0.378 e. The smallest absolute Gasteiger partial charge is 0.218 e. The van der Waals surface area contributed by atoms with Crippen LogP contribution in [0.25, 0.3) is 10.9 Å². The van der Waals surface area contributed by atoms with Crippen LogP contribution in [0, 0.1) is 0 Å². The molecule has 0 unspecified atom stereocenters. The molecule has 0 radical (unpaired) electrons. The number of nitrogens with zero attached hydrogens (tertiary/aromatic N) is 2. The Labute approximate surface area is 161 Å². The lowest BCUT2D eigenvalue weighted by atomic mass is 10.1. The van der Waals surface area contributed by atoms with Crippen molar-refractivity contribution in [3.63, 3.8) is 0 Å². The summed E-state index contributed by atoms with van der Waals surface area (Å²) in [7, 11) is -3.36. The van der Waals surface area contributed by atoms with Gasteiger partial charge in [0, 0.05) is 31.3 Å². The highest BCUT2D eigenvalue weighted by atomic mass is 35.5. The number of benzene rings is 1. The van der Waals surface area contributed by atoms with Crippen molar-refractivity contribution in [3.8, 4) is 0 Å². The number of fused-ring (bicyclic) bond motifs is 1. The molecule has 2 heterocycles. The van der Waals surface area contributed by atoms with Crippen molar-refractivity contribution in [1.29, 1.82) is 0 Å². The minimum absolute atomic E-state index is 0. The van der Waals surface area contributed by atoms with E-state index in [0.29, 0.717) is 26.2 Å². The van der Waals surface area contributed by atoms with Crippen LogP contribution in [-0.4, -0.2) is 50.1 Å². The van der Waals surface area contributed by atoms with Gasteiger partial charge in [-0.2, -0.15) is 0 Å². The predicted molar refractivity (Wildman–Crippen MR) is 106 cm³/mol. The normalized spacial score (nSPS) is 16.5. The Hall–Kier alpha value is -1.25. The zero-order valence-corrected chi connectivity index (χ0v) is 16.3. The summed E-state index contributed by atoms with van der Waals surface area (Å²) in [5.74, 6) is -0.0138. The van der Waals surface area contributed by atoms with E-state index in [1.807, 2.05) is 30.3 Å². The van der Waals surface area contributed by atoms with Crippen molar-refractivity contribution < 1.29 is 13.2 Å². The van der Waals surface area contributed by atoms with Gasteiger partial charge in [-0.1, -0.05) is 24.3 Å². The number of nitrogens with two attached hydrogens (primary N) is 1. The van der Waals surface area contributed by atoms with E-state index in [2.05, 4.69) is 4.98 Å². The summed E-state index contributed by atoms with van der Waals surface area (Å²) < 4.78 is 32.9. The summed E-state index contributed by atoms with van der Waals surface area (Å²) in [5.41, 5.74) is 6.97. The van der Waals surface area contributed by atoms with Crippen LogP contribution in [0.15, 0.2) is 36.5 Å². The SMILES string of the molecule is Cl.NCCCOC1CCN(S(=O)(=O)Cc2cccc3cccnc23)CC1. The van der Waals surface area contributed by atoms with E-state index in [9.17, 15) is 8.42 Å². The largest absolute Gasteiger partial charge is 0.378 e. The second-order valence-electron chi connectivity index (χ2n) is 6.36. The van der Waals surface area contributed by atoms with Gasteiger partial charge in [0.2, 0.25) is 10.0 Å². The van der Waals surface area contributed by atoms with Gasteiger partial charge in [-0.05, 0) is 37.4 Å². The maximum atomic E-state index is 12.8. The number of piperidine rings is 1. The molecular formula is C18H26ClN3O3S. The van der Waals surface area contributed by atoms with Crippen LogP contribution in [-0.2, 0) is 20.5 Å². The average Bonchev–Trinajstić information content (AvgIpc) is 2.62. The summed E-state index contributed by atoms with van der Waals surface area (Å²) in [6.07, 6.45) is 4.14. The van der Waals surface area contributed by atoms with E-state index >= 15 is 0 Å². The van der Waals surface area contributed by atoms with Gasteiger partial charge in [-0.3, -0.25) is 4.98 Å². The van der Waals surface area contributed by atoms with Crippen LogP contribution >= 0.6 is 12.4 Å². The van der Waals surface area contributed by atoms with Gasteiger partial charge in [0.25, 0.3) is 0 Å². The third kappa shape index (κ3) is 5.14. The van der Waals surface area contributed by atoms with Crippen LogP contribution in [0.4, 0.5) is 0 Å². The predicted octanol–water partition coefficient (Wildman–Crippen LogP) is 2.32. The standard InChI is InChI=1S/C18H25N3O3S.ClH/c19-9-3-13-24-17-7-11-21(12-8-17)25(22,23)14-16-5-1-4-15-6-2-10-20-18(15)16;/h1-2,4-6,10,17H,3,7-9,11-14,19H2;1H. The van der Waals surface area contributed by atoms with E-state index in [4.69, 9.17) is 10.5 Å². The molecule has 0 bridgehead atoms. The van der Waals surface area contributed by atoms with Gasteiger partial charge in [-0.25, -0.2) is 12.7 Å². The number of hydrogen-bond acceptors (Lipinski definition) is 5. The fourth-order valence-corrected chi connectivity index (χ4v) is 4.76. The van der Waals surface area contributed by atoms with E-state index in [1.165, 1.54) is 0 Å². The minimum atomic E-state index is -3.36. The Morgan fingerprint density at radius 2 is 1.92 bits per heavy atom. The van der Waals surface area contributed by atoms with E-state index in [-0.39, 0.29) is 24.3 Å². The monoisotopic (exact) mass is 399 g/mol.